The predicted molar refractivity (Wildman–Crippen MR) is 108 cm³/mol. The zero-order valence-corrected chi connectivity index (χ0v) is 18.0. The van der Waals surface area contributed by atoms with Crippen molar-refractivity contribution >= 4 is 29.1 Å². The summed E-state index contributed by atoms with van der Waals surface area (Å²) in [5, 5.41) is 14.3. The van der Waals surface area contributed by atoms with Gasteiger partial charge in [-0.1, -0.05) is 0 Å². The Labute approximate surface area is 181 Å². The third-order valence-electron chi connectivity index (χ3n) is 4.94. The first kappa shape index (κ1) is 23.2. The van der Waals surface area contributed by atoms with Crippen LogP contribution in [0.25, 0.3) is 0 Å². The first-order chi connectivity index (χ1) is 14.7. The van der Waals surface area contributed by atoms with Crippen molar-refractivity contribution in [2.45, 2.75) is 38.3 Å². The highest BCUT2D eigenvalue weighted by atomic mass is 32.1. The van der Waals surface area contributed by atoms with Gasteiger partial charge in [0.2, 0.25) is 0 Å². The smallest absolute Gasteiger partial charge is 0.338 e. The van der Waals surface area contributed by atoms with Gasteiger partial charge in [0, 0.05) is 30.4 Å². The molecule has 9 nitrogen and oxygen atoms in total. The summed E-state index contributed by atoms with van der Waals surface area (Å²) in [5.41, 5.74) is 0.623. The molecule has 0 saturated carbocycles. The molecule has 31 heavy (non-hydrogen) atoms. The van der Waals surface area contributed by atoms with Crippen LogP contribution in [0.2, 0.25) is 0 Å². The maximum atomic E-state index is 14.7. The van der Waals surface area contributed by atoms with Crippen LogP contribution in [0.5, 0.6) is 0 Å². The topological polar surface area (TPSA) is 113 Å². The molecule has 2 atom stereocenters. The van der Waals surface area contributed by atoms with Crippen LogP contribution in [0.15, 0.2) is 27.8 Å². The van der Waals surface area contributed by atoms with Crippen molar-refractivity contribution in [3.8, 4) is 0 Å². The number of nitrogens with one attached hydrogen (secondary N) is 1. The fraction of sp³-hybridized carbons (Fsp3) is 0.579. The lowest BCUT2D eigenvalue weighted by Gasteiger charge is -2.40. The van der Waals surface area contributed by atoms with Crippen LogP contribution in [-0.2, 0) is 19.1 Å². The molecule has 1 unspecified atom stereocenters. The molecule has 3 heterocycles. The molecule has 0 bridgehead atoms. The number of esters is 1. The zero-order chi connectivity index (χ0) is 22.6. The van der Waals surface area contributed by atoms with E-state index in [0.717, 1.165) is 0 Å². The number of rotatable bonds is 8. The standard InChI is InChI=1S/C19H24F2N4O5S/c1-3-30-18(28)15-11(2)23-16(17-22-4-7-31-17)24-12(15)9-25-5-6-29-10-13(25)19(20,21)8-14(26)27/h4,7,11,13H,3,5-6,8-10H2,1-2H3,(H,23,24)(H,26,27)/t11-,13?/m0/s1. The van der Waals surface area contributed by atoms with E-state index in [1.165, 1.54) is 16.2 Å². The highest BCUT2D eigenvalue weighted by molar-refractivity contribution is 7.11. The third kappa shape index (κ3) is 5.43. The normalized spacial score (nSPS) is 22.6. The van der Waals surface area contributed by atoms with Gasteiger partial charge in [0.15, 0.2) is 10.8 Å². The molecule has 1 aromatic heterocycles. The van der Waals surface area contributed by atoms with Crippen LogP contribution < -0.4 is 5.32 Å². The van der Waals surface area contributed by atoms with Crippen molar-refractivity contribution in [1.82, 2.24) is 15.2 Å². The Kier molecular flexibility index (Phi) is 7.34. The summed E-state index contributed by atoms with van der Waals surface area (Å²) in [6.45, 7) is 3.55. The quantitative estimate of drug-likeness (QED) is 0.564. The van der Waals surface area contributed by atoms with Crippen molar-refractivity contribution in [3.63, 3.8) is 0 Å². The number of carboxylic acids is 1. The van der Waals surface area contributed by atoms with Gasteiger partial charge >= 0.3 is 11.9 Å². The molecule has 1 fully saturated rings. The zero-order valence-electron chi connectivity index (χ0n) is 17.1. The summed E-state index contributed by atoms with van der Waals surface area (Å²) in [6.07, 6.45) is 0.306. The number of amidine groups is 1. The van der Waals surface area contributed by atoms with Gasteiger partial charge in [0.05, 0.1) is 37.5 Å². The van der Waals surface area contributed by atoms with Crippen LogP contribution in [0.3, 0.4) is 0 Å². The number of alkyl halides is 2. The lowest BCUT2D eigenvalue weighted by Crippen LogP contribution is -2.57. The molecule has 2 N–H and O–H groups in total. The first-order valence-corrected chi connectivity index (χ1v) is 10.7. The Balaban J connectivity index is 1.91. The Morgan fingerprint density at radius 1 is 1.48 bits per heavy atom. The van der Waals surface area contributed by atoms with E-state index in [2.05, 4.69) is 15.3 Å². The summed E-state index contributed by atoms with van der Waals surface area (Å²) >= 11 is 1.35. The van der Waals surface area contributed by atoms with Crippen molar-refractivity contribution in [2.75, 3.05) is 32.9 Å². The van der Waals surface area contributed by atoms with E-state index in [4.69, 9.17) is 14.6 Å². The first-order valence-electron chi connectivity index (χ1n) is 9.79. The van der Waals surface area contributed by atoms with Gasteiger partial charge in [-0.2, -0.15) is 0 Å². The Hall–Kier alpha value is -2.44. The summed E-state index contributed by atoms with van der Waals surface area (Å²) in [4.78, 5) is 33.7. The molecule has 3 rings (SSSR count). The van der Waals surface area contributed by atoms with Crippen molar-refractivity contribution in [2.24, 2.45) is 4.99 Å². The Morgan fingerprint density at radius 2 is 2.26 bits per heavy atom. The minimum atomic E-state index is -3.51. The number of carbonyl (C=O) groups excluding carboxylic acids is 1. The number of aromatic nitrogens is 1. The fourth-order valence-electron chi connectivity index (χ4n) is 3.57. The minimum absolute atomic E-state index is 0.0495. The molecule has 0 spiro atoms. The van der Waals surface area contributed by atoms with Gasteiger partial charge in [-0.05, 0) is 13.8 Å². The Morgan fingerprint density at radius 3 is 2.90 bits per heavy atom. The number of morpholine rings is 1. The van der Waals surface area contributed by atoms with E-state index < -0.39 is 36.4 Å². The second-order valence-corrected chi connectivity index (χ2v) is 8.02. The molecule has 2 aliphatic heterocycles. The SMILES string of the molecule is CCOC(=O)C1=C(CN2CCOCC2C(F)(F)CC(=O)O)NC(c2nccs2)=N[C@H]1C. The summed E-state index contributed by atoms with van der Waals surface area (Å²) < 4.78 is 39.7. The predicted octanol–water partition coefficient (Wildman–Crippen LogP) is 1.51. The average molecular weight is 458 g/mol. The van der Waals surface area contributed by atoms with Gasteiger partial charge in [-0.25, -0.2) is 18.6 Å². The minimum Gasteiger partial charge on any atom is -0.481 e. The highest BCUT2D eigenvalue weighted by Crippen LogP contribution is 2.31. The van der Waals surface area contributed by atoms with Crippen LogP contribution >= 0.6 is 11.3 Å². The molecular formula is C19H24F2N4O5S. The number of nitrogens with zero attached hydrogens (tertiary/aromatic N) is 3. The molecule has 2 aliphatic rings. The number of halogens is 2. The summed E-state index contributed by atoms with van der Waals surface area (Å²) in [7, 11) is 0. The van der Waals surface area contributed by atoms with E-state index in [0.29, 0.717) is 16.5 Å². The molecule has 0 aromatic carbocycles. The van der Waals surface area contributed by atoms with Gasteiger partial charge < -0.3 is 19.9 Å². The van der Waals surface area contributed by atoms with Crippen LogP contribution in [0.4, 0.5) is 8.78 Å². The van der Waals surface area contributed by atoms with Crippen molar-refractivity contribution in [3.05, 3.63) is 27.9 Å². The second-order valence-electron chi connectivity index (χ2n) is 7.12. The van der Waals surface area contributed by atoms with Crippen LogP contribution in [-0.4, -0.2) is 83.7 Å². The van der Waals surface area contributed by atoms with Crippen LogP contribution in [0, 0.1) is 0 Å². The molecule has 1 saturated heterocycles. The molecule has 12 heteroatoms. The molecule has 170 valence electrons. The highest BCUT2D eigenvalue weighted by Gasteiger charge is 2.47. The molecular weight excluding hydrogens is 434 g/mol. The number of hydrogen-bond acceptors (Lipinski definition) is 9. The number of aliphatic imine (C=N–C) groups is 1. The van der Waals surface area contributed by atoms with E-state index >= 15 is 0 Å². The lowest BCUT2D eigenvalue weighted by atomic mass is 10.0. The number of aliphatic carboxylic acids is 1. The second kappa shape index (κ2) is 9.79. The van der Waals surface area contributed by atoms with E-state index in [9.17, 15) is 18.4 Å². The van der Waals surface area contributed by atoms with Gasteiger partial charge in [-0.3, -0.25) is 14.7 Å². The number of carboxylic acid groups (broad SMARTS) is 1. The maximum absolute atomic E-state index is 14.7. The van der Waals surface area contributed by atoms with Gasteiger partial charge in [-0.15, -0.1) is 11.3 Å². The number of carbonyl (C=O) groups is 2. The van der Waals surface area contributed by atoms with E-state index in [1.54, 1.807) is 25.4 Å². The fourth-order valence-corrected chi connectivity index (χ4v) is 4.16. The maximum Gasteiger partial charge on any atom is 0.338 e. The molecule has 0 amide bonds. The molecule has 0 radical (unpaired) electrons. The third-order valence-corrected chi connectivity index (χ3v) is 5.72. The lowest BCUT2D eigenvalue weighted by molar-refractivity contribution is -0.162. The molecule has 1 aromatic rings. The van der Waals surface area contributed by atoms with Crippen molar-refractivity contribution < 1.29 is 33.0 Å². The van der Waals surface area contributed by atoms with E-state index in [1.807, 2.05) is 0 Å². The average Bonchev–Trinajstić information content (AvgIpc) is 3.22. The monoisotopic (exact) mass is 458 g/mol. The van der Waals surface area contributed by atoms with Crippen molar-refractivity contribution in [1.29, 1.82) is 0 Å². The number of thiazole rings is 1. The van der Waals surface area contributed by atoms with Gasteiger partial charge in [0.1, 0.15) is 6.42 Å². The summed E-state index contributed by atoms with van der Waals surface area (Å²) in [6, 6.07) is -2.03. The Bertz CT molecular complexity index is 875. The van der Waals surface area contributed by atoms with Crippen LogP contribution in [0.1, 0.15) is 25.3 Å². The summed E-state index contributed by atoms with van der Waals surface area (Å²) in [5.74, 6) is -5.25. The molecule has 0 aliphatic carbocycles. The number of ether oxygens (including phenoxy) is 2. The van der Waals surface area contributed by atoms with E-state index in [-0.39, 0.29) is 38.5 Å². The number of hydrogen-bond donors (Lipinski definition) is 2. The van der Waals surface area contributed by atoms with Gasteiger partial charge in [0.25, 0.3) is 5.92 Å². The largest absolute Gasteiger partial charge is 0.481 e.